The van der Waals surface area contributed by atoms with Crippen LogP contribution < -0.4 is 0 Å². The van der Waals surface area contributed by atoms with Gasteiger partial charge in [0.25, 0.3) is 0 Å². The minimum Gasteiger partial charge on any atom is -0.309 e. The molecule has 5 aromatic carbocycles. The molecular formula is C36H22N4. The summed E-state index contributed by atoms with van der Waals surface area (Å²) in [5, 5.41) is 4.85. The van der Waals surface area contributed by atoms with Gasteiger partial charge in [0.05, 0.1) is 34.3 Å². The van der Waals surface area contributed by atoms with Gasteiger partial charge >= 0.3 is 0 Å². The zero-order chi connectivity index (χ0) is 26.6. The third kappa shape index (κ3) is 3.22. The van der Waals surface area contributed by atoms with Crippen LogP contribution in [-0.2, 0) is 0 Å². The summed E-state index contributed by atoms with van der Waals surface area (Å²) < 4.78 is 4.56. The standard InChI is InChI=1S/C36H22N4/c1-37-31-19-18-24(39-33-14-6-2-10-26(33)27-11-3-7-15-34(27)39)22-30(31)32-23-25(20-21-38-32)40-35-16-8-4-12-28(35)29-13-5-9-17-36(29)40/h2-23H. The molecule has 0 spiro atoms. The summed E-state index contributed by atoms with van der Waals surface area (Å²) in [7, 11) is 0. The molecule has 0 amide bonds. The van der Waals surface area contributed by atoms with E-state index in [1.807, 2.05) is 24.4 Å². The Morgan fingerprint density at radius 3 is 1.43 bits per heavy atom. The highest BCUT2D eigenvalue weighted by Crippen LogP contribution is 2.38. The number of para-hydroxylation sites is 4. The zero-order valence-electron chi connectivity index (χ0n) is 21.5. The molecule has 4 nitrogen and oxygen atoms in total. The number of fused-ring (bicyclic) bond motifs is 6. The topological polar surface area (TPSA) is 27.1 Å². The first-order valence-electron chi connectivity index (χ1n) is 13.3. The van der Waals surface area contributed by atoms with Crippen molar-refractivity contribution in [2.24, 2.45) is 0 Å². The monoisotopic (exact) mass is 510 g/mol. The van der Waals surface area contributed by atoms with Gasteiger partial charge in [-0.3, -0.25) is 4.98 Å². The Bertz CT molecular complexity index is 2190. The van der Waals surface area contributed by atoms with Crippen LogP contribution in [0.4, 0.5) is 5.69 Å². The highest BCUT2D eigenvalue weighted by molar-refractivity contribution is 6.10. The fraction of sp³-hybridized carbons (Fsp3) is 0. The lowest BCUT2D eigenvalue weighted by Gasteiger charge is -2.13. The van der Waals surface area contributed by atoms with Crippen LogP contribution in [0.2, 0.25) is 0 Å². The molecule has 0 aliphatic carbocycles. The van der Waals surface area contributed by atoms with E-state index in [2.05, 4.69) is 123 Å². The third-order valence-electron chi connectivity index (χ3n) is 7.80. The van der Waals surface area contributed by atoms with E-state index in [-0.39, 0.29) is 0 Å². The molecule has 8 aromatic rings. The lowest BCUT2D eigenvalue weighted by atomic mass is 10.1. The van der Waals surface area contributed by atoms with Gasteiger partial charge in [-0.15, -0.1) is 0 Å². The van der Waals surface area contributed by atoms with Gasteiger partial charge in [0.1, 0.15) is 0 Å². The Kier molecular flexibility index (Phi) is 4.85. The van der Waals surface area contributed by atoms with Crippen LogP contribution in [0.25, 0.3) is 71.1 Å². The van der Waals surface area contributed by atoms with Crippen LogP contribution >= 0.6 is 0 Å². The molecule has 0 aliphatic heterocycles. The molecule has 0 bridgehead atoms. The first-order valence-corrected chi connectivity index (χ1v) is 13.3. The molecule has 40 heavy (non-hydrogen) atoms. The highest BCUT2D eigenvalue weighted by Gasteiger charge is 2.16. The van der Waals surface area contributed by atoms with Crippen molar-refractivity contribution in [1.82, 2.24) is 14.1 Å². The molecule has 4 heteroatoms. The van der Waals surface area contributed by atoms with Crippen LogP contribution in [0, 0.1) is 6.57 Å². The maximum absolute atomic E-state index is 7.94. The molecule has 0 radical (unpaired) electrons. The highest BCUT2D eigenvalue weighted by atomic mass is 15.0. The van der Waals surface area contributed by atoms with Crippen molar-refractivity contribution < 1.29 is 0 Å². The van der Waals surface area contributed by atoms with Crippen LogP contribution in [-0.4, -0.2) is 14.1 Å². The van der Waals surface area contributed by atoms with Gasteiger partial charge in [-0.05, 0) is 48.5 Å². The van der Waals surface area contributed by atoms with E-state index in [1.54, 1.807) is 0 Å². The van der Waals surface area contributed by atoms with Crippen molar-refractivity contribution in [2.45, 2.75) is 0 Å². The van der Waals surface area contributed by atoms with Crippen LogP contribution in [0.1, 0.15) is 0 Å². The van der Waals surface area contributed by atoms with Gasteiger partial charge < -0.3 is 9.13 Å². The summed E-state index contributed by atoms with van der Waals surface area (Å²) in [5.74, 6) is 0. The molecule has 0 fully saturated rings. The largest absolute Gasteiger partial charge is 0.309 e. The Hall–Kier alpha value is -5.66. The summed E-state index contributed by atoms with van der Waals surface area (Å²) in [4.78, 5) is 8.65. The lowest BCUT2D eigenvalue weighted by Crippen LogP contribution is -1.97. The summed E-state index contributed by atoms with van der Waals surface area (Å²) in [5.41, 5.74) is 8.75. The van der Waals surface area contributed by atoms with Crippen molar-refractivity contribution >= 4 is 49.3 Å². The number of pyridine rings is 1. The number of rotatable bonds is 3. The first-order chi connectivity index (χ1) is 19.8. The number of nitrogens with zero attached hydrogens (tertiary/aromatic N) is 4. The fourth-order valence-corrected chi connectivity index (χ4v) is 6.07. The van der Waals surface area contributed by atoms with Crippen LogP contribution in [0.15, 0.2) is 134 Å². The SMILES string of the molecule is [C-]#[N+]c1ccc(-n2c3ccccc3c3ccccc32)cc1-c1cc(-n2c3ccccc3c3ccccc32)ccn1. The van der Waals surface area contributed by atoms with Crippen molar-refractivity contribution in [3.8, 4) is 22.6 Å². The van der Waals surface area contributed by atoms with Gasteiger partial charge in [-0.25, -0.2) is 4.85 Å². The van der Waals surface area contributed by atoms with E-state index < -0.39 is 0 Å². The third-order valence-corrected chi connectivity index (χ3v) is 7.80. The molecule has 0 saturated carbocycles. The summed E-state index contributed by atoms with van der Waals surface area (Å²) in [6.07, 6.45) is 1.84. The molecular weight excluding hydrogens is 488 g/mol. The lowest BCUT2D eigenvalue weighted by molar-refractivity contribution is 1.15. The van der Waals surface area contributed by atoms with E-state index in [0.717, 1.165) is 44.7 Å². The molecule has 3 heterocycles. The maximum Gasteiger partial charge on any atom is 0.196 e. The van der Waals surface area contributed by atoms with Crippen molar-refractivity contribution in [3.63, 3.8) is 0 Å². The summed E-state index contributed by atoms with van der Waals surface area (Å²) in [6, 6.07) is 44.1. The molecule has 0 saturated heterocycles. The van der Waals surface area contributed by atoms with E-state index in [1.165, 1.54) is 21.5 Å². The van der Waals surface area contributed by atoms with E-state index in [9.17, 15) is 0 Å². The van der Waals surface area contributed by atoms with Gasteiger partial charge in [0, 0.05) is 44.7 Å². The van der Waals surface area contributed by atoms with E-state index >= 15 is 0 Å². The van der Waals surface area contributed by atoms with Crippen molar-refractivity contribution in [2.75, 3.05) is 0 Å². The Morgan fingerprint density at radius 2 is 0.950 bits per heavy atom. The fourth-order valence-electron chi connectivity index (χ4n) is 6.07. The van der Waals surface area contributed by atoms with Gasteiger partial charge in [0.15, 0.2) is 5.69 Å². The molecule has 8 rings (SSSR count). The Balaban J connectivity index is 1.36. The van der Waals surface area contributed by atoms with E-state index in [4.69, 9.17) is 11.6 Å². The van der Waals surface area contributed by atoms with Gasteiger partial charge in [-0.1, -0.05) is 78.9 Å². The maximum atomic E-state index is 7.94. The van der Waals surface area contributed by atoms with Crippen molar-refractivity contribution in [1.29, 1.82) is 0 Å². The van der Waals surface area contributed by atoms with Crippen LogP contribution in [0.5, 0.6) is 0 Å². The summed E-state index contributed by atoms with van der Waals surface area (Å²) in [6.45, 7) is 7.94. The average molecular weight is 511 g/mol. The minimum absolute atomic E-state index is 0.580. The first kappa shape index (κ1) is 22.3. The quantitative estimate of drug-likeness (QED) is 0.217. The number of benzene rings is 5. The Labute approximate surface area is 230 Å². The van der Waals surface area contributed by atoms with Crippen molar-refractivity contribution in [3.05, 3.63) is 145 Å². The number of hydrogen-bond donors (Lipinski definition) is 0. The average Bonchev–Trinajstić information content (AvgIpc) is 3.54. The molecule has 186 valence electrons. The van der Waals surface area contributed by atoms with Crippen LogP contribution in [0.3, 0.4) is 0 Å². The van der Waals surface area contributed by atoms with E-state index in [0.29, 0.717) is 5.69 Å². The predicted molar refractivity (Wildman–Crippen MR) is 165 cm³/mol. The minimum atomic E-state index is 0.580. The molecule has 0 aliphatic rings. The smallest absolute Gasteiger partial charge is 0.196 e. The molecule has 0 unspecified atom stereocenters. The predicted octanol–water partition coefficient (Wildman–Crippen LogP) is 9.49. The zero-order valence-corrected chi connectivity index (χ0v) is 21.5. The second kappa shape index (κ2) is 8.69. The number of hydrogen-bond acceptors (Lipinski definition) is 1. The molecule has 0 atom stereocenters. The number of aromatic nitrogens is 3. The van der Waals surface area contributed by atoms with Gasteiger partial charge in [-0.2, -0.15) is 0 Å². The molecule has 3 aromatic heterocycles. The molecule has 0 N–H and O–H groups in total. The second-order valence-corrected chi connectivity index (χ2v) is 9.95. The normalized spacial score (nSPS) is 11.5. The van der Waals surface area contributed by atoms with Gasteiger partial charge in [0.2, 0.25) is 0 Å². The summed E-state index contributed by atoms with van der Waals surface area (Å²) >= 11 is 0. The second-order valence-electron chi connectivity index (χ2n) is 9.95. The Morgan fingerprint density at radius 1 is 0.500 bits per heavy atom.